The summed E-state index contributed by atoms with van der Waals surface area (Å²) in [6, 6.07) is 6.26. The molecule has 3 N–H and O–H groups in total. The molecule has 0 saturated carbocycles. The van der Waals surface area contributed by atoms with E-state index in [0.29, 0.717) is 5.92 Å². The van der Waals surface area contributed by atoms with Crippen molar-refractivity contribution in [1.29, 1.82) is 0 Å². The van der Waals surface area contributed by atoms with Gasteiger partial charge in [-0.15, -0.1) is 0 Å². The Hall–Kier alpha value is -1.39. The van der Waals surface area contributed by atoms with Gasteiger partial charge in [-0.05, 0) is 18.1 Å². The van der Waals surface area contributed by atoms with Gasteiger partial charge in [0.05, 0.1) is 17.8 Å². The zero-order valence-electron chi connectivity index (χ0n) is 10.4. The predicted molar refractivity (Wildman–Crippen MR) is 69.3 cm³/mol. The second-order valence-corrected chi connectivity index (χ2v) is 4.35. The van der Waals surface area contributed by atoms with E-state index in [4.69, 9.17) is 5.84 Å². The highest BCUT2D eigenvalue weighted by Crippen LogP contribution is 2.29. The molecule has 4 heteroatoms. The van der Waals surface area contributed by atoms with Crippen molar-refractivity contribution < 1.29 is 0 Å². The number of hydrogen-bond acceptors (Lipinski definition) is 3. The molecule has 0 aromatic carbocycles. The SMILES string of the molecule is CCC(CC)C(NN)c1cnn2ccccc12. The van der Waals surface area contributed by atoms with Gasteiger partial charge in [-0.25, -0.2) is 4.52 Å². The fourth-order valence-electron chi connectivity index (χ4n) is 2.43. The highest BCUT2D eigenvalue weighted by atomic mass is 15.3. The van der Waals surface area contributed by atoms with Crippen molar-refractivity contribution in [3.8, 4) is 0 Å². The Kier molecular flexibility index (Phi) is 3.76. The summed E-state index contributed by atoms with van der Waals surface area (Å²) in [5.74, 6) is 6.26. The minimum Gasteiger partial charge on any atom is -0.271 e. The van der Waals surface area contributed by atoms with Gasteiger partial charge in [0.25, 0.3) is 0 Å². The van der Waals surface area contributed by atoms with Gasteiger partial charge in [-0.1, -0.05) is 32.8 Å². The van der Waals surface area contributed by atoms with Crippen LogP contribution in [0.3, 0.4) is 0 Å². The third-order valence-electron chi connectivity index (χ3n) is 3.49. The topological polar surface area (TPSA) is 55.3 Å². The number of aromatic nitrogens is 2. The molecule has 0 fully saturated rings. The van der Waals surface area contributed by atoms with Crippen LogP contribution in [-0.2, 0) is 0 Å². The summed E-state index contributed by atoms with van der Waals surface area (Å²) in [5.41, 5.74) is 5.25. The molecule has 2 aromatic heterocycles. The molecule has 4 nitrogen and oxygen atoms in total. The minimum absolute atomic E-state index is 0.171. The zero-order chi connectivity index (χ0) is 12.3. The van der Waals surface area contributed by atoms with Gasteiger partial charge in [0.1, 0.15) is 0 Å². The molecule has 1 atom stereocenters. The molecule has 17 heavy (non-hydrogen) atoms. The number of hydrogen-bond donors (Lipinski definition) is 2. The van der Waals surface area contributed by atoms with Gasteiger partial charge in [0, 0.05) is 11.8 Å². The van der Waals surface area contributed by atoms with Gasteiger partial charge in [-0.2, -0.15) is 5.10 Å². The third kappa shape index (κ3) is 2.18. The Morgan fingerprint density at radius 1 is 1.35 bits per heavy atom. The van der Waals surface area contributed by atoms with Crippen molar-refractivity contribution >= 4 is 5.52 Å². The second-order valence-electron chi connectivity index (χ2n) is 4.35. The lowest BCUT2D eigenvalue weighted by Gasteiger charge is -2.23. The summed E-state index contributed by atoms with van der Waals surface area (Å²) in [7, 11) is 0. The van der Waals surface area contributed by atoms with Gasteiger partial charge < -0.3 is 0 Å². The molecule has 0 saturated heterocycles. The van der Waals surface area contributed by atoms with Crippen molar-refractivity contribution in [1.82, 2.24) is 15.0 Å². The first-order valence-electron chi connectivity index (χ1n) is 6.20. The van der Waals surface area contributed by atoms with Crippen molar-refractivity contribution in [2.45, 2.75) is 32.7 Å². The molecule has 0 aliphatic rings. The summed E-state index contributed by atoms with van der Waals surface area (Å²) < 4.78 is 1.89. The highest BCUT2D eigenvalue weighted by molar-refractivity contribution is 5.54. The summed E-state index contributed by atoms with van der Waals surface area (Å²) in [6.07, 6.45) is 6.09. The zero-order valence-corrected chi connectivity index (χ0v) is 10.4. The van der Waals surface area contributed by atoms with Crippen LogP contribution in [0.1, 0.15) is 38.3 Å². The Morgan fingerprint density at radius 3 is 2.76 bits per heavy atom. The minimum atomic E-state index is 0.171. The first-order chi connectivity index (χ1) is 8.31. The van der Waals surface area contributed by atoms with E-state index < -0.39 is 0 Å². The van der Waals surface area contributed by atoms with Crippen LogP contribution in [0.2, 0.25) is 0 Å². The Balaban J connectivity index is 2.42. The van der Waals surface area contributed by atoms with Crippen LogP contribution in [0.25, 0.3) is 5.52 Å². The molecule has 0 radical (unpaired) electrons. The third-order valence-corrected chi connectivity index (χ3v) is 3.49. The van der Waals surface area contributed by atoms with Crippen molar-refractivity contribution in [3.05, 3.63) is 36.2 Å². The summed E-state index contributed by atoms with van der Waals surface area (Å²) in [6.45, 7) is 4.40. The lowest BCUT2D eigenvalue weighted by Crippen LogP contribution is -2.33. The first-order valence-corrected chi connectivity index (χ1v) is 6.20. The standard InChI is InChI=1S/C13H20N4/c1-3-10(4-2)13(16-14)11-9-15-17-8-6-5-7-12(11)17/h5-10,13,16H,3-4,14H2,1-2H3. The molecule has 1 unspecified atom stereocenters. The Bertz CT molecular complexity index is 473. The van der Waals surface area contributed by atoms with Crippen LogP contribution in [0.4, 0.5) is 0 Å². The largest absolute Gasteiger partial charge is 0.271 e. The monoisotopic (exact) mass is 232 g/mol. The number of nitrogens with two attached hydrogens (primary N) is 1. The normalized spacial score (nSPS) is 13.4. The van der Waals surface area contributed by atoms with E-state index in [0.717, 1.165) is 18.4 Å². The van der Waals surface area contributed by atoms with E-state index in [9.17, 15) is 0 Å². The van der Waals surface area contributed by atoms with Crippen LogP contribution < -0.4 is 11.3 Å². The van der Waals surface area contributed by atoms with E-state index in [1.54, 1.807) is 0 Å². The van der Waals surface area contributed by atoms with Crippen molar-refractivity contribution in [2.24, 2.45) is 11.8 Å². The fraction of sp³-hybridized carbons (Fsp3) is 0.462. The fourth-order valence-corrected chi connectivity index (χ4v) is 2.43. The molecule has 2 heterocycles. The van der Waals surface area contributed by atoms with Crippen molar-refractivity contribution in [3.63, 3.8) is 0 Å². The smallest absolute Gasteiger partial charge is 0.0710 e. The van der Waals surface area contributed by atoms with E-state index in [2.05, 4.69) is 30.4 Å². The molecule has 2 rings (SSSR count). The van der Waals surface area contributed by atoms with Crippen LogP contribution in [0.15, 0.2) is 30.6 Å². The lowest BCUT2D eigenvalue weighted by atomic mass is 9.90. The molecule has 2 aromatic rings. The number of pyridine rings is 1. The van der Waals surface area contributed by atoms with Gasteiger partial charge >= 0.3 is 0 Å². The summed E-state index contributed by atoms with van der Waals surface area (Å²) in [4.78, 5) is 0. The molecular weight excluding hydrogens is 212 g/mol. The average molecular weight is 232 g/mol. The number of nitrogens with one attached hydrogen (secondary N) is 1. The number of nitrogens with zero attached hydrogens (tertiary/aromatic N) is 2. The highest BCUT2D eigenvalue weighted by Gasteiger charge is 2.22. The molecule has 0 spiro atoms. The maximum atomic E-state index is 5.72. The maximum absolute atomic E-state index is 5.72. The summed E-state index contributed by atoms with van der Waals surface area (Å²) in [5, 5.41) is 4.36. The number of hydrazine groups is 1. The molecule has 0 aliphatic carbocycles. The van der Waals surface area contributed by atoms with E-state index in [1.807, 2.05) is 29.0 Å². The molecular formula is C13H20N4. The second kappa shape index (κ2) is 5.29. The average Bonchev–Trinajstić information content (AvgIpc) is 2.79. The van der Waals surface area contributed by atoms with Crippen molar-refractivity contribution in [2.75, 3.05) is 0 Å². The molecule has 0 aliphatic heterocycles. The lowest BCUT2D eigenvalue weighted by molar-refractivity contribution is 0.347. The molecule has 92 valence electrons. The van der Waals surface area contributed by atoms with Crippen LogP contribution >= 0.6 is 0 Å². The first kappa shape index (κ1) is 12.1. The van der Waals surface area contributed by atoms with Crippen LogP contribution in [0, 0.1) is 5.92 Å². The predicted octanol–water partition coefficient (Wildman–Crippen LogP) is 2.27. The van der Waals surface area contributed by atoms with E-state index in [1.165, 1.54) is 5.56 Å². The molecule has 0 bridgehead atoms. The summed E-state index contributed by atoms with van der Waals surface area (Å²) >= 11 is 0. The van der Waals surface area contributed by atoms with Gasteiger partial charge in [-0.3, -0.25) is 11.3 Å². The Labute approximate surface area is 102 Å². The van der Waals surface area contributed by atoms with Gasteiger partial charge in [0.15, 0.2) is 0 Å². The number of fused-ring (bicyclic) bond motifs is 1. The number of rotatable bonds is 5. The quantitative estimate of drug-likeness (QED) is 0.614. The van der Waals surface area contributed by atoms with Gasteiger partial charge in [0.2, 0.25) is 0 Å². The molecule has 0 amide bonds. The van der Waals surface area contributed by atoms with Crippen LogP contribution in [0.5, 0.6) is 0 Å². The van der Waals surface area contributed by atoms with E-state index >= 15 is 0 Å². The van der Waals surface area contributed by atoms with E-state index in [-0.39, 0.29) is 6.04 Å². The maximum Gasteiger partial charge on any atom is 0.0710 e. The Morgan fingerprint density at radius 2 is 2.12 bits per heavy atom. The van der Waals surface area contributed by atoms with Crippen LogP contribution in [-0.4, -0.2) is 9.61 Å².